The second-order valence-corrected chi connectivity index (χ2v) is 6.63. The third-order valence-electron chi connectivity index (χ3n) is 3.87. The normalized spacial score (nSPS) is 15.0. The molecule has 3 amide bonds. The van der Waals surface area contributed by atoms with Crippen LogP contribution >= 0.6 is 7.82 Å². The van der Waals surface area contributed by atoms with Crippen LogP contribution in [0.15, 0.2) is 60.7 Å². The predicted molar refractivity (Wildman–Crippen MR) is 102 cm³/mol. The summed E-state index contributed by atoms with van der Waals surface area (Å²) in [4.78, 5) is 43.7. The minimum atomic E-state index is -4.83. The monoisotopic (exact) mass is 426 g/mol. The van der Waals surface area contributed by atoms with E-state index in [1.807, 2.05) is 0 Å². The number of carbonyl (C=O) groups is 2. The first-order chi connectivity index (χ1) is 11.8. The van der Waals surface area contributed by atoms with Gasteiger partial charge in [-0.3, -0.25) is 9.32 Å². The molecule has 0 unspecified atom stereocenters. The first-order valence-electron chi connectivity index (χ1n) is 7.30. The second-order valence-electron chi connectivity index (χ2n) is 5.39. The molecule has 1 aliphatic heterocycles. The van der Waals surface area contributed by atoms with Gasteiger partial charge in [0.05, 0.1) is 0 Å². The predicted octanol–water partition coefficient (Wildman–Crippen LogP) is -0.0375. The number of imide groups is 1. The van der Waals surface area contributed by atoms with Gasteiger partial charge in [0.1, 0.15) is 6.73 Å². The van der Waals surface area contributed by atoms with Crippen LogP contribution in [0, 0.1) is 0 Å². The first-order valence-corrected chi connectivity index (χ1v) is 8.83. The fourth-order valence-corrected chi connectivity index (χ4v) is 3.03. The average Bonchev–Trinajstić information content (AvgIpc) is 2.85. The maximum atomic E-state index is 13.1. The van der Waals surface area contributed by atoms with Gasteiger partial charge in [-0.2, -0.15) is 0 Å². The van der Waals surface area contributed by atoms with Crippen molar-refractivity contribution in [3.63, 3.8) is 0 Å². The van der Waals surface area contributed by atoms with Crippen molar-refractivity contribution in [2.75, 3.05) is 6.73 Å². The molecule has 140 valence electrons. The van der Waals surface area contributed by atoms with Crippen LogP contribution < -0.4 is 5.32 Å². The van der Waals surface area contributed by atoms with Crippen molar-refractivity contribution in [2.45, 2.75) is 5.54 Å². The molecule has 0 bridgehead atoms. The number of urea groups is 1. The van der Waals surface area contributed by atoms with Gasteiger partial charge in [0, 0.05) is 59.1 Å². The van der Waals surface area contributed by atoms with E-state index in [1.54, 1.807) is 60.7 Å². The largest absolute Gasteiger partial charge is 0.471 e. The Labute approximate surface area is 205 Å². The van der Waals surface area contributed by atoms with E-state index in [1.165, 1.54) is 0 Å². The number of hydrogen-bond donors (Lipinski definition) is 3. The topological polar surface area (TPSA) is 148 Å². The van der Waals surface area contributed by atoms with Gasteiger partial charge in [0.15, 0.2) is 5.54 Å². The van der Waals surface area contributed by atoms with Crippen molar-refractivity contribution in [1.29, 1.82) is 0 Å². The number of nitrogens with one attached hydrogen (secondary N) is 1. The summed E-state index contributed by atoms with van der Waals surface area (Å²) >= 11 is 0. The van der Waals surface area contributed by atoms with Gasteiger partial charge >= 0.3 is 13.9 Å². The molecule has 9 nitrogen and oxygen atoms in total. The van der Waals surface area contributed by atoms with E-state index in [-0.39, 0.29) is 64.6 Å². The molecule has 0 aromatic heterocycles. The number of phosphoric ester groups is 1. The minimum absolute atomic E-state index is 0. The van der Waals surface area contributed by atoms with Gasteiger partial charge < -0.3 is 20.6 Å². The third kappa shape index (κ3) is 5.53. The minimum Gasteiger partial charge on any atom is -0.412 e. The molecule has 12 heteroatoms. The van der Waals surface area contributed by atoms with Gasteiger partial charge in [0.25, 0.3) is 5.91 Å². The Morgan fingerprint density at radius 1 is 0.929 bits per heavy atom. The Kier molecular flexibility index (Phi) is 10.8. The summed E-state index contributed by atoms with van der Waals surface area (Å²) < 4.78 is 15.2. The Balaban J connectivity index is 0.00000243. The summed E-state index contributed by atoms with van der Waals surface area (Å²) in [6, 6.07) is 16.4. The molecule has 1 heterocycles. The van der Waals surface area contributed by atoms with Crippen molar-refractivity contribution in [2.24, 2.45) is 0 Å². The Hall–Kier alpha value is -0.550. The number of benzene rings is 2. The van der Waals surface area contributed by atoms with E-state index in [2.05, 4.69) is 9.84 Å². The zero-order valence-electron chi connectivity index (χ0n) is 15.4. The zero-order valence-corrected chi connectivity index (χ0v) is 20.3. The molecule has 0 spiro atoms. The fraction of sp³-hybridized carbons (Fsp3) is 0.125. The van der Waals surface area contributed by atoms with Crippen LogP contribution in [0.2, 0.25) is 0 Å². The van der Waals surface area contributed by atoms with E-state index in [9.17, 15) is 14.2 Å². The zero-order chi connectivity index (χ0) is 18.1. The van der Waals surface area contributed by atoms with E-state index in [0.717, 1.165) is 0 Å². The molecule has 1 aliphatic rings. The maximum Gasteiger partial charge on any atom is 0.471 e. The summed E-state index contributed by atoms with van der Waals surface area (Å²) in [5.74, 6) is -0.677. The summed E-state index contributed by atoms with van der Waals surface area (Å²) in [7, 11) is -4.83. The molecule has 0 aliphatic carbocycles. The molecule has 1 saturated heterocycles. The number of nitrogens with zero attached hydrogens (tertiary/aromatic N) is 1. The first kappa shape index (κ1) is 27.5. The molecule has 5 N–H and O–H groups in total. The van der Waals surface area contributed by atoms with Crippen LogP contribution in [0.3, 0.4) is 0 Å². The molecule has 1 fully saturated rings. The molecule has 2 aromatic rings. The summed E-state index contributed by atoms with van der Waals surface area (Å²) in [6.07, 6.45) is 0. The Morgan fingerprint density at radius 3 is 1.75 bits per heavy atom. The average molecular weight is 426 g/mol. The number of amides is 3. The van der Waals surface area contributed by atoms with Crippen LogP contribution in [-0.4, -0.2) is 97.9 Å². The third-order valence-corrected chi connectivity index (χ3v) is 4.33. The van der Waals surface area contributed by atoms with Gasteiger partial charge in [0.2, 0.25) is 0 Å². The Morgan fingerprint density at radius 2 is 1.36 bits per heavy atom. The quantitative estimate of drug-likeness (QED) is 0.347. The van der Waals surface area contributed by atoms with Crippen LogP contribution in [0.1, 0.15) is 11.1 Å². The molecule has 2 aromatic carbocycles. The fourth-order valence-electron chi connectivity index (χ4n) is 2.76. The van der Waals surface area contributed by atoms with Crippen molar-refractivity contribution in [3.05, 3.63) is 71.8 Å². The van der Waals surface area contributed by atoms with Crippen molar-refractivity contribution >= 4 is 78.9 Å². The smallest absolute Gasteiger partial charge is 0.412 e. The number of carbonyl (C=O) groups excluding carboxylic acids is 2. The van der Waals surface area contributed by atoms with Crippen LogP contribution in [0.4, 0.5) is 4.79 Å². The Bertz CT molecular complexity index is 809. The van der Waals surface area contributed by atoms with Crippen molar-refractivity contribution < 1.29 is 33.9 Å². The van der Waals surface area contributed by atoms with E-state index in [4.69, 9.17) is 9.79 Å². The van der Waals surface area contributed by atoms with Gasteiger partial charge in [-0.1, -0.05) is 60.7 Å². The molecule has 2 radical (unpaired) electrons. The van der Waals surface area contributed by atoms with Gasteiger partial charge in [-0.15, -0.1) is 0 Å². The molecular weight excluding hydrogens is 409 g/mol. The van der Waals surface area contributed by atoms with Crippen molar-refractivity contribution in [1.82, 2.24) is 10.2 Å². The second kappa shape index (κ2) is 11.0. The number of rotatable bonds is 5. The van der Waals surface area contributed by atoms with E-state index in [0.29, 0.717) is 16.0 Å². The molecule has 28 heavy (non-hydrogen) atoms. The summed E-state index contributed by atoms with van der Waals surface area (Å²) in [5.41, 5.74) is -0.436. The standard InChI is InChI=1S/C16H15N2O6P.2Na.H2O/c19-14-16(12-7-3-1-4-8-12,13-9-5-2-6-10-13)17-15(20)18(14)11-24-25(21,22)23;;;/h1-10H,11H2,(H,17,20)(H2,21,22,23);;;1H2. The molecule has 0 atom stereocenters. The molecule has 0 saturated carbocycles. The molecular formula is C16H17N2Na2O7P. The number of phosphoric acid groups is 1. The molecule has 3 rings (SSSR count). The van der Waals surface area contributed by atoms with Crippen LogP contribution in [0.25, 0.3) is 0 Å². The van der Waals surface area contributed by atoms with Gasteiger partial charge in [-0.05, 0) is 11.1 Å². The van der Waals surface area contributed by atoms with Crippen LogP contribution in [-0.2, 0) is 19.4 Å². The number of hydrogen-bond acceptors (Lipinski definition) is 4. The maximum absolute atomic E-state index is 13.1. The van der Waals surface area contributed by atoms with E-state index < -0.39 is 32.0 Å². The van der Waals surface area contributed by atoms with Crippen molar-refractivity contribution in [3.8, 4) is 0 Å². The summed E-state index contributed by atoms with van der Waals surface area (Å²) in [6.45, 7) is -0.851. The SMILES string of the molecule is O.O=C1NC(c2ccccc2)(c2ccccc2)C(=O)N1COP(=O)(O)O.[Na].[Na]. The summed E-state index contributed by atoms with van der Waals surface area (Å²) in [5, 5.41) is 2.64. The van der Waals surface area contributed by atoms with Crippen LogP contribution in [0.5, 0.6) is 0 Å². The van der Waals surface area contributed by atoms with Gasteiger partial charge in [-0.25, -0.2) is 14.3 Å². The van der Waals surface area contributed by atoms with E-state index >= 15 is 0 Å².